The highest BCUT2D eigenvalue weighted by atomic mass is 19.3. The molecular formula is C16H24F2N2O2. The van der Waals surface area contributed by atoms with Gasteiger partial charge in [0.05, 0.1) is 6.61 Å². The van der Waals surface area contributed by atoms with Gasteiger partial charge in [-0.3, -0.25) is 4.90 Å². The van der Waals surface area contributed by atoms with Gasteiger partial charge in [0.25, 0.3) is 0 Å². The Labute approximate surface area is 130 Å². The summed E-state index contributed by atoms with van der Waals surface area (Å²) in [6.07, 6.45) is 2.11. The van der Waals surface area contributed by atoms with Crippen LogP contribution in [-0.2, 0) is 11.3 Å². The molecule has 2 rings (SSSR count). The number of nitrogens with zero attached hydrogens (tertiary/aromatic N) is 1. The Morgan fingerprint density at radius 2 is 2.00 bits per heavy atom. The van der Waals surface area contributed by atoms with Gasteiger partial charge >= 0.3 is 6.61 Å². The molecule has 6 heteroatoms. The first kappa shape index (κ1) is 17.1. The van der Waals surface area contributed by atoms with Crippen molar-refractivity contribution in [3.8, 4) is 5.75 Å². The number of para-hydroxylation sites is 1. The van der Waals surface area contributed by atoms with Crippen molar-refractivity contribution < 1.29 is 18.3 Å². The van der Waals surface area contributed by atoms with Gasteiger partial charge in [0.2, 0.25) is 0 Å². The molecule has 0 unspecified atom stereocenters. The summed E-state index contributed by atoms with van der Waals surface area (Å²) in [5.74, 6) is 0.258. The highest BCUT2D eigenvalue weighted by Crippen LogP contribution is 2.24. The van der Waals surface area contributed by atoms with Crippen LogP contribution in [0.4, 0.5) is 8.78 Å². The van der Waals surface area contributed by atoms with E-state index in [1.807, 2.05) is 12.1 Å². The maximum atomic E-state index is 12.5. The van der Waals surface area contributed by atoms with Gasteiger partial charge in [-0.1, -0.05) is 18.2 Å². The van der Waals surface area contributed by atoms with E-state index >= 15 is 0 Å². The van der Waals surface area contributed by atoms with Gasteiger partial charge in [0, 0.05) is 31.8 Å². The summed E-state index contributed by atoms with van der Waals surface area (Å²) in [5.41, 5.74) is 0.789. The fourth-order valence-corrected chi connectivity index (χ4v) is 2.84. The zero-order valence-corrected chi connectivity index (χ0v) is 12.9. The summed E-state index contributed by atoms with van der Waals surface area (Å²) in [5, 5.41) is 3.35. The molecule has 0 spiro atoms. The van der Waals surface area contributed by atoms with Crippen LogP contribution in [0.5, 0.6) is 5.75 Å². The van der Waals surface area contributed by atoms with Crippen LogP contribution in [0, 0.1) is 0 Å². The second kappa shape index (κ2) is 9.02. The molecule has 1 aromatic rings. The van der Waals surface area contributed by atoms with E-state index in [9.17, 15) is 8.78 Å². The molecule has 1 aliphatic rings. The molecule has 1 fully saturated rings. The fraction of sp³-hybridized carbons (Fsp3) is 0.625. The molecule has 0 amide bonds. The Bertz CT molecular complexity index is 440. The molecule has 0 bridgehead atoms. The monoisotopic (exact) mass is 314 g/mol. The quantitative estimate of drug-likeness (QED) is 0.799. The lowest BCUT2D eigenvalue weighted by Gasteiger charge is -2.34. The summed E-state index contributed by atoms with van der Waals surface area (Å²) < 4.78 is 34.9. The van der Waals surface area contributed by atoms with Gasteiger partial charge in [0.1, 0.15) is 5.75 Å². The average molecular weight is 314 g/mol. The van der Waals surface area contributed by atoms with Crippen molar-refractivity contribution in [2.75, 3.05) is 33.4 Å². The number of hydrogen-bond acceptors (Lipinski definition) is 4. The SMILES string of the molecule is COCCN(Cc1ccccc1OC(F)F)C1CCNCC1. The second-order valence-electron chi connectivity index (χ2n) is 5.43. The van der Waals surface area contributed by atoms with Crippen molar-refractivity contribution in [2.24, 2.45) is 0 Å². The predicted octanol–water partition coefficient (Wildman–Crippen LogP) is 2.49. The van der Waals surface area contributed by atoms with Gasteiger partial charge in [0.15, 0.2) is 0 Å². The summed E-state index contributed by atoms with van der Waals surface area (Å²) >= 11 is 0. The number of piperidine rings is 1. The number of halogens is 2. The fourth-order valence-electron chi connectivity index (χ4n) is 2.84. The molecule has 124 valence electrons. The normalized spacial score (nSPS) is 16.4. The van der Waals surface area contributed by atoms with Crippen molar-refractivity contribution in [3.63, 3.8) is 0 Å². The molecule has 1 N–H and O–H groups in total. The Morgan fingerprint density at radius 1 is 1.27 bits per heavy atom. The summed E-state index contributed by atoms with van der Waals surface area (Å²) in [6.45, 7) is 1.18. The molecule has 1 saturated heterocycles. The van der Waals surface area contributed by atoms with Crippen LogP contribution in [0.1, 0.15) is 18.4 Å². The van der Waals surface area contributed by atoms with Gasteiger partial charge in [-0.05, 0) is 32.0 Å². The lowest BCUT2D eigenvalue weighted by atomic mass is 10.0. The third-order valence-electron chi connectivity index (χ3n) is 3.97. The predicted molar refractivity (Wildman–Crippen MR) is 81.3 cm³/mol. The Hall–Kier alpha value is -1.24. The minimum atomic E-state index is -2.80. The van der Waals surface area contributed by atoms with Crippen molar-refractivity contribution in [1.29, 1.82) is 0 Å². The van der Waals surface area contributed by atoms with Crippen LogP contribution in [0.15, 0.2) is 24.3 Å². The molecule has 0 aromatic heterocycles. The van der Waals surface area contributed by atoms with Crippen molar-refractivity contribution in [3.05, 3.63) is 29.8 Å². The maximum absolute atomic E-state index is 12.5. The van der Waals surface area contributed by atoms with E-state index in [-0.39, 0.29) is 5.75 Å². The molecular weight excluding hydrogens is 290 g/mol. The number of methoxy groups -OCH3 is 1. The number of ether oxygens (including phenoxy) is 2. The molecule has 0 atom stereocenters. The van der Waals surface area contributed by atoms with Gasteiger partial charge in [-0.25, -0.2) is 0 Å². The number of benzene rings is 1. The molecule has 22 heavy (non-hydrogen) atoms. The van der Waals surface area contributed by atoms with E-state index in [0.29, 0.717) is 19.2 Å². The summed E-state index contributed by atoms with van der Waals surface area (Å²) in [7, 11) is 1.68. The van der Waals surface area contributed by atoms with E-state index < -0.39 is 6.61 Å². The van der Waals surface area contributed by atoms with Crippen LogP contribution < -0.4 is 10.1 Å². The van der Waals surface area contributed by atoms with Crippen LogP contribution in [-0.4, -0.2) is 50.9 Å². The first-order valence-corrected chi connectivity index (χ1v) is 7.67. The van der Waals surface area contributed by atoms with Crippen molar-refractivity contribution in [1.82, 2.24) is 10.2 Å². The van der Waals surface area contributed by atoms with Crippen LogP contribution in [0.3, 0.4) is 0 Å². The van der Waals surface area contributed by atoms with Crippen LogP contribution >= 0.6 is 0 Å². The largest absolute Gasteiger partial charge is 0.434 e. The third kappa shape index (κ3) is 5.19. The lowest BCUT2D eigenvalue weighted by Crippen LogP contribution is -2.44. The van der Waals surface area contributed by atoms with Gasteiger partial charge < -0.3 is 14.8 Å². The van der Waals surface area contributed by atoms with E-state index in [1.54, 1.807) is 19.2 Å². The van der Waals surface area contributed by atoms with Gasteiger partial charge in [-0.15, -0.1) is 0 Å². The molecule has 4 nitrogen and oxygen atoms in total. The molecule has 0 aliphatic carbocycles. The Kier molecular flexibility index (Phi) is 7.02. The molecule has 1 heterocycles. The number of rotatable bonds is 8. The molecule has 0 radical (unpaired) electrons. The third-order valence-corrected chi connectivity index (χ3v) is 3.97. The lowest BCUT2D eigenvalue weighted by molar-refractivity contribution is -0.0509. The first-order chi connectivity index (χ1) is 10.7. The van der Waals surface area contributed by atoms with Crippen LogP contribution in [0.2, 0.25) is 0 Å². The highest BCUT2D eigenvalue weighted by Gasteiger charge is 2.22. The summed E-state index contributed by atoms with van der Waals surface area (Å²) in [6, 6.07) is 7.45. The van der Waals surface area contributed by atoms with Crippen LogP contribution in [0.25, 0.3) is 0 Å². The minimum Gasteiger partial charge on any atom is -0.434 e. The molecule has 0 saturated carbocycles. The van der Waals surface area contributed by atoms with E-state index in [0.717, 1.165) is 38.0 Å². The standard InChI is InChI=1S/C16H24F2N2O2/c1-21-11-10-20(14-6-8-19-9-7-14)12-13-4-2-3-5-15(13)22-16(17)18/h2-5,14,16,19H,6-12H2,1H3. The number of nitrogens with one attached hydrogen (secondary N) is 1. The van der Waals surface area contributed by atoms with E-state index in [4.69, 9.17) is 4.74 Å². The smallest absolute Gasteiger partial charge is 0.387 e. The average Bonchev–Trinajstić information content (AvgIpc) is 2.53. The number of alkyl halides is 2. The Balaban J connectivity index is 2.08. The molecule has 1 aromatic carbocycles. The Morgan fingerprint density at radius 3 is 2.68 bits per heavy atom. The minimum absolute atomic E-state index is 0.258. The van der Waals surface area contributed by atoms with Gasteiger partial charge in [-0.2, -0.15) is 8.78 Å². The zero-order valence-electron chi connectivity index (χ0n) is 12.9. The van der Waals surface area contributed by atoms with Crippen molar-refractivity contribution in [2.45, 2.75) is 32.0 Å². The summed E-state index contributed by atoms with van der Waals surface area (Å²) in [4.78, 5) is 2.30. The second-order valence-corrected chi connectivity index (χ2v) is 5.43. The maximum Gasteiger partial charge on any atom is 0.387 e. The number of hydrogen-bond donors (Lipinski definition) is 1. The van der Waals surface area contributed by atoms with E-state index in [2.05, 4.69) is 15.0 Å². The molecule has 1 aliphatic heterocycles. The first-order valence-electron chi connectivity index (χ1n) is 7.67. The van der Waals surface area contributed by atoms with E-state index in [1.165, 1.54) is 0 Å². The van der Waals surface area contributed by atoms with Crippen molar-refractivity contribution >= 4 is 0 Å². The topological polar surface area (TPSA) is 33.7 Å². The zero-order chi connectivity index (χ0) is 15.8. The highest BCUT2D eigenvalue weighted by molar-refractivity contribution is 5.33.